The van der Waals surface area contributed by atoms with Crippen molar-refractivity contribution in [2.45, 2.75) is 39.7 Å². The lowest BCUT2D eigenvalue weighted by molar-refractivity contribution is 0.181. The normalized spacial score (nSPS) is 27.6. The Morgan fingerprint density at radius 1 is 1.35 bits per heavy atom. The van der Waals surface area contributed by atoms with Crippen LogP contribution in [0.5, 0.6) is 0 Å². The molecule has 0 radical (unpaired) electrons. The van der Waals surface area contributed by atoms with Crippen molar-refractivity contribution in [3.63, 3.8) is 0 Å². The zero-order valence-electron chi connectivity index (χ0n) is 11.1. The molecule has 0 aromatic carbocycles. The van der Waals surface area contributed by atoms with Crippen LogP contribution in [0.1, 0.15) is 33.6 Å². The van der Waals surface area contributed by atoms with Crippen LogP contribution in [0.15, 0.2) is 0 Å². The molecular formula is C11H25N3O2S. The summed E-state index contributed by atoms with van der Waals surface area (Å²) in [5.74, 6) is 0.346. The molecule has 102 valence electrons. The number of piperidine rings is 1. The maximum atomic E-state index is 12.5. The first-order chi connectivity index (χ1) is 7.98. The highest BCUT2D eigenvalue weighted by Gasteiger charge is 2.37. The monoisotopic (exact) mass is 263 g/mol. The molecule has 0 aliphatic carbocycles. The molecule has 2 atom stereocenters. The van der Waals surface area contributed by atoms with Crippen LogP contribution in [0.4, 0.5) is 0 Å². The summed E-state index contributed by atoms with van der Waals surface area (Å²) >= 11 is 0. The molecule has 0 aromatic heterocycles. The lowest BCUT2D eigenvalue weighted by Crippen LogP contribution is -2.55. The fourth-order valence-electron chi connectivity index (χ4n) is 2.55. The fourth-order valence-corrected chi connectivity index (χ4v) is 4.49. The van der Waals surface area contributed by atoms with Crippen LogP contribution in [-0.2, 0) is 10.2 Å². The van der Waals surface area contributed by atoms with Gasteiger partial charge in [-0.15, -0.1) is 0 Å². The summed E-state index contributed by atoms with van der Waals surface area (Å²) in [5, 5.41) is 0. The largest absolute Gasteiger partial charge is 0.329 e. The molecule has 1 aliphatic heterocycles. The van der Waals surface area contributed by atoms with Crippen LogP contribution < -0.4 is 5.73 Å². The highest BCUT2D eigenvalue weighted by Crippen LogP contribution is 2.26. The second-order valence-electron chi connectivity index (χ2n) is 4.63. The van der Waals surface area contributed by atoms with E-state index in [9.17, 15) is 8.42 Å². The summed E-state index contributed by atoms with van der Waals surface area (Å²) in [6.07, 6.45) is 1.99. The van der Waals surface area contributed by atoms with Gasteiger partial charge in [-0.05, 0) is 18.8 Å². The van der Waals surface area contributed by atoms with Gasteiger partial charge in [-0.1, -0.05) is 20.8 Å². The number of nitrogens with zero attached hydrogens (tertiary/aromatic N) is 2. The molecule has 6 heteroatoms. The van der Waals surface area contributed by atoms with E-state index in [4.69, 9.17) is 5.73 Å². The molecule has 1 fully saturated rings. The van der Waals surface area contributed by atoms with E-state index in [0.717, 1.165) is 12.8 Å². The van der Waals surface area contributed by atoms with Crippen molar-refractivity contribution in [2.75, 3.05) is 26.2 Å². The van der Waals surface area contributed by atoms with Gasteiger partial charge in [-0.3, -0.25) is 0 Å². The molecule has 1 saturated heterocycles. The van der Waals surface area contributed by atoms with Gasteiger partial charge in [-0.25, -0.2) is 0 Å². The quantitative estimate of drug-likeness (QED) is 0.791. The van der Waals surface area contributed by atoms with Crippen LogP contribution >= 0.6 is 0 Å². The van der Waals surface area contributed by atoms with Crippen molar-refractivity contribution >= 4 is 10.2 Å². The molecule has 0 spiro atoms. The molecule has 17 heavy (non-hydrogen) atoms. The molecule has 1 heterocycles. The van der Waals surface area contributed by atoms with E-state index in [0.29, 0.717) is 32.1 Å². The molecular weight excluding hydrogens is 238 g/mol. The van der Waals surface area contributed by atoms with Gasteiger partial charge in [0.05, 0.1) is 0 Å². The Hall–Kier alpha value is -0.170. The molecule has 0 saturated carbocycles. The Balaban J connectivity index is 2.95. The Morgan fingerprint density at radius 2 is 1.94 bits per heavy atom. The summed E-state index contributed by atoms with van der Waals surface area (Å²) in [7, 11) is -3.33. The topological polar surface area (TPSA) is 66.6 Å². The van der Waals surface area contributed by atoms with Crippen LogP contribution in [0.2, 0.25) is 0 Å². The first-order valence-corrected chi connectivity index (χ1v) is 7.85. The maximum Gasteiger partial charge on any atom is 0.282 e. The number of nitrogens with two attached hydrogens (primary N) is 1. The number of hydrogen-bond acceptors (Lipinski definition) is 3. The van der Waals surface area contributed by atoms with Crippen LogP contribution in [-0.4, -0.2) is 49.2 Å². The van der Waals surface area contributed by atoms with Crippen LogP contribution in [0.3, 0.4) is 0 Å². The predicted molar refractivity (Wildman–Crippen MR) is 69.8 cm³/mol. The van der Waals surface area contributed by atoms with Gasteiger partial charge in [0.25, 0.3) is 10.2 Å². The van der Waals surface area contributed by atoms with Crippen molar-refractivity contribution in [2.24, 2.45) is 11.7 Å². The van der Waals surface area contributed by atoms with Crippen molar-refractivity contribution in [1.82, 2.24) is 8.61 Å². The number of hydrogen-bond donors (Lipinski definition) is 1. The Bertz CT molecular complexity index is 328. The van der Waals surface area contributed by atoms with E-state index >= 15 is 0 Å². The van der Waals surface area contributed by atoms with E-state index in [1.54, 1.807) is 4.31 Å². The minimum atomic E-state index is -3.33. The highest BCUT2D eigenvalue weighted by molar-refractivity contribution is 7.86. The molecule has 0 unspecified atom stereocenters. The van der Waals surface area contributed by atoms with E-state index < -0.39 is 10.2 Å². The van der Waals surface area contributed by atoms with E-state index in [1.807, 2.05) is 13.8 Å². The lowest BCUT2D eigenvalue weighted by atomic mass is 9.93. The minimum Gasteiger partial charge on any atom is -0.329 e. The highest BCUT2D eigenvalue weighted by atomic mass is 32.2. The third-order valence-corrected chi connectivity index (χ3v) is 5.85. The van der Waals surface area contributed by atoms with Crippen molar-refractivity contribution < 1.29 is 8.42 Å². The van der Waals surface area contributed by atoms with Crippen molar-refractivity contribution in [3.05, 3.63) is 0 Å². The SMILES string of the molecule is CCN(CC)S(=O)(=O)N1CCC[C@@H](C)[C@@H]1CN. The predicted octanol–water partition coefficient (Wildman–Crippen LogP) is 0.632. The second-order valence-corrected chi connectivity index (χ2v) is 6.51. The smallest absolute Gasteiger partial charge is 0.282 e. The van der Waals surface area contributed by atoms with Gasteiger partial charge < -0.3 is 5.73 Å². The summed E-state index contributed by atoms with van der Waals surface area (Å²) in [6, 6.07) is -0.0469. The van der Waals surface area contributed by atoms with Gasteiger partial charge >= 0.3 is 0 Å². The minimum absolute atomic E-state index is 0.0469. The van der Waals surface area contributed by atoms with Gasteiger partial charge in [0.15, 0.2) is 0 Å². The molecule has 5 nitrogen and oxygen atoms in total. The average molecular weight is 263 g/mol. The van der Waals surface area contributed by atoms with Gasteiger partial charge in [0.2, 0.25) is 0 Å². The Kier molecular flexibility index (Phi) is 5.37. The van der Waals surface area contributed by atoms with Crippen LogP contribution in [0, 0.1) is 5.92 Å². The second kappa shape index (κ2) is 6.13. The lowest BCUT2D eigenvalue weighted by Gasteiger charge is -2.40. The zero-order valence-corrected chi connectivity index (χ0v) is 11.9. The molecule has 1 rings (SSSR count). The molecule has 2 N–H and O–H groups in total. The van der Waals surface area contributed by atoms with E-state index in [2.05, 4.69) is 6.92 Å². The summed E-state index contributed by atoms with van der Waals surface area (Å²) < 4.78 is 28.0. The Labute approximate surface area is 105 Å². The summed E-state index contributed by atoms with van der Waals surface area (Å²) in [6.45, 7) is 7.86. The molecule has 0 amide bonds. The first kappa shape index (κ1) is 14.9. The van der Waals surface area contributed by atoms with Gasteiger partial charge in [0.1, 0.15) is 0 Å². The summed E-state index contributed by atoms with van der Waals surface area (Å²) in [5.41, 5.74) is 5.74. The van der Waals surface area contributed by atoms with Crippen LogP contribution in [0.25, 0.3) is 0 Å². The van der Waals surface area contributed by atoms with Crippen molar-refractivity contribution in [1.29, 1.82) is 0 Å². The zero-order chi connectivity index (χ0) is 13.1. The Morgan fingerprint density at radius 3 is 2.41 bits per heavy atom. The molecule has 1 aliphatic rings. The standard InChI is InChI=1S/C11H25N3O2S/c1-4-13(5-2)17(15,16)14-8-6-7-10(3)11(14)9-12/h10-11H,4-9,12H2,1-3H3/t10-,11+/m1/s1. The van der Waals surface area contributed by atoms with E-state index in [-0.39, 0.29) is 6.04 Å². The third kappa shape index (κ3) is 2.99. The molecule has 0 bridgehead atoms. The average Bonchev–Trinajstić information content (AvgIpc) is 2.29. The van der Waals surface area contributed by atoms with E-state index in [1.165, 1.54) is 4.31 Å². The molecule has 0 aromatic rings. The third-order valence-electron chi connectivity index (χ3n) is 3.63. The summed E-state index contributed by atoms with van der Waals surface area (Å²) in [4.78, 5) is 0. The fraction of sp³-hybridized carbons (Fsp3) is 1.00. The first-order valence-electron chi connectivity index (χ1n) is 6.46. The van der Waals surface area contributed by atoms with Gasteiger partial charge in [-0.2, -0.15) is 17.0 Å². The number of rotatable bonds is 5. The maximum absolute atomic E-state index is 12.5. The van der Waals surface area contributed by atoms with Crippen molar-refractivity contribution in [3.8, 4) is 0 Å². The van der Waals surface area contributed by atoms with Gasteiger partial charge in [0, 0.05) is 32.2 Å².